The molecule has 1 aromatic heterocycles. The number of aromatic amines is 1. The fourth-order valence-electron chi connectivity index (χ4n) is 1.87. The number of amides is 2. The minimum Gasteiger partial charge on any atom is -0.448 e. The van der Waals surface area contributed by atoms with Crippen molar-refractivity contribution in [3.63, 3.8) is 0 Å². The highest BCUT2D eigenvalue weighted by Crippen LogP contribution is 2.09. The Balaban J connectivity index is 1.61. The molecule has 2 heterocycles. The molecule has 0 unspecified atom stereocenters. The molecular weight excluding hydrogens is 250 g/mol. The molecule has 0 spiro atoms. The van der Waals surface area contributed by atoms with E-state index in [9.17, 15) is 9.59 Å². The van der Waals surface area contributed by atoms with Crippen molar-refractivity contribution in [2.24, 2.45) is 0 Å². The molecule has 0 aromatic carbocycles. The maximum atomic E-state index is 11.6. The first kappa shape index (κ1) is 13.3. The molecule has 0 radical (unpaired) electrons. The fraction of sp³-hybridized carbons (Fsp3) is 0.636. The predicted octanol–water partition coefficient (Wildman–Crippen LogP) is 0.157. The quantitative estimate of drug-likeness (QED) is 0.757. The van der Waals surface area contributed by atoms with Crippen molar-refractivity contribution in [2.75, 3.05) is 26.2 Å². The van der Waals surface area contributed by atoms with Gasteiger partial charge in [-0.15, -0.1) is 0 Å². The van der Waals surface area contributed by atoms with Crippen LogP contribution in [0.4, 0.5) is 4.79 Å². The molecule has 1 aliphatic heterocycles. The van der Waals surface area contributed by atoms with Crippen LogP contribution in [0, 0.1) is 0 Å². The number of likely N-dealkylation sites (tertiary alicyclic amines) is 1. The van der Waals surface area contributed by atoms with Crippen molar-refractivity contribution in [3.05, 3.63) is 11.9 Å². The summed E-state index contributed by atoms with van der Waals surface area (Å²) in [5.74, 6) is -0.345. The van der Waals surface area contributed by atoms with Crippen molar-refractivity contribution in [3.8, 4) is 0 Å². The van der Waals surface area contributed by atoms with Gasteiger partial charge in [0, 0.05) is 13.1 Å². The Morgan fingerprint density at radius 1 is 1.37 bits per heavy atom. The normalized spacial score (nSPS) is 15.1. The number of rotatable bonds is 4. The van der Waals surface area contributed by atoms with E-state index in [1.807, 2.05) is 0 Å². The van der Waals surface area contributed by atoms with Gasteiger partial charge >= 0.3 is 6.09 Å². The van der Waals surface area contributed by atoms with Crippen molar-refractivity contribution in [1.29, 1.82) is 0 Å². The van der Waals surface area contributed by atoms with E-state index in [2.05, 4.69) is 20.7 Å². The van der Waals surface area contributed by atoms with Crippen LogP contribution >= 0.6 is 0 Å². The minimum atomic E-state index is -0.345. The van der Waals surface area contributed by atoms with E-state index >= 15 is 0 Å². The van der Waals surface area contributed by atoms with E-state index in [-0.39, 0.29) is 30.8 Å². The van der Waals surface area contributed by atoms with Crippen LogP contribution in [0.15, 0.2) is 6.20 Å². The average molecular weight is 267 g/mol. The lowest BCUT2D eigenvalue weighted by Crippen LogP contribution is -2.37. The van der Waals surface area contributed by atoms with Gasteiger partial charge in [-0.3, -0.25) is 4.79 Å². The Hall–Kier alpha value is -2.12. The zero-order valence-electron chi connectivity index (χ0n) is 10.6. The van der Waals surface area contributed by atoms with Crippen LogP contribution in [0.1, 0.15) is 29.8 Å². The summed E-state index contributed by atoms with van der Waals surface area (Å²) >= 11 is 0. The van der Waals surface area contributed by atoms with Gasteiger partial charge in [0.05, 0.1) is 12.7 Å². The molecule has 0 aliphatic carbocycles. The SMILES string of the molecule is O=C(NCCOC(=O)N1CCCCC1)c1cn[nH]n1. The minimum absolute atomic E-state index is 0.152. The first-order valence-corrected chi connectivity index (χ1v) is 6.33. The number of aromatic nitrogens is 3. The topological polar surface area (TPSA) is 100 Å². The summed E-state index contributed by atoms with van der Waals surface area (Å²) in [5, 5.41) is 12.1. The maximum Gasteiger partial charge on any atom is 0.409 e. The van der Waals surface area contributed by atoms with Crippen molar-refractivity contribution < 1.29 is 14.3 Å². The van der Waals surface area contributed by atoms with E-state index in [1.165, 1.54) is 6.20 Å². The molecule has 1 fully saturated rings. The summed E-state index contributed by atoms with van der Waals surface area (Å²) in [4.78, 5) is 24.8. The molecule has 1 aromatic rings. The number of carbonyl (C=O) groups is 2. The average Bonchev–Trinajstić information content (AvgIpc) is 2.98. The number of nitrogens with zero attached hydrogens (tertiary/aromatic N) is 3. The Morgan fingerprint density at radius 3 is 2.84 bits per heavy atom. The molecule has 8 nitrogen and oxygen atoms in total. The standard InChI is InChI=1S/C11H17N5O3/c17-10(9-8-13-15-14-9)12-4-7-19-11(18)16-5-2-1-3-6-16/h8H,1-7H2,(H,12,17)(H,13,14,15). The third-order valence-corrected chi connectivity index (χ3v) is 2.88. The van der Waals surface area contributed by atoms with Gasteiger partial charge in [0.1, 0.15) is 6.61 Å². The molecule has 104 valence electrons. The smallest absolute Gasteiger partial charge is 0.409 e. The lowest BCUT2D eigenvalue weighted by atomic mass is 10.1. The van der Waals surface area contributed by atoms with Crippen LogP contribution < -0.4 is 5.32 Å². The highest BCUT2D eigenvalue weighted by atomic mass is 16.6. The van der Waals surface area contributed by atoms with Crippen molar-refractivity contribution in [1.82, 2.24) is 25.6 Å². The highest BCUT2D eigenvalue weighted by Gasteiger charge is 2.17. The highest BCUT2D eigenvalue weighted by molar-refractivity contribution is 5.91. The number of nitrogens with one attached hydrogen (secondary N) is 2. The molecule has 19 heavy (non-hydrogen) atoms. The summed E-state index contributed by atoms with van der Waals surface area (Å²) in [6, 6.07) is 0. The van der Waals surface area contributed by atoms with Crippen LogP contribution in [0.3, 0.4) is 0 Å². The summed E-state index contributed by atoms with van der Waals surface area (Å²) in [5.41, 5.74) is 0.211. The van der Waals surface area contributed by atoms with Crippen LogP contribution in [0.5, 0.6) is 0 Å². The molecule has 0 saturated carbocycles. The number of carbonyl (C=O) groups excluding carboxylic acids is 2. The second-order valence-electron chi connectivity index (χ2n) is 4.27. The van der Waals surface area contributed by atoms with Crippen molar-refractivity contribution >= 4 is 12.0 Å². The van der Waals surface area contributed by atoms with Crippen molar-refractivity contribution in [2.45, 2.75) is 19.3 Å². The van der Waals surface area contributed by atoms with Gasteiger partial charge < -0.3 is 15.0 Å². The van der Waals surface area contributed by atoms with E-state index in [0.29, 0.717) is 0 Å². The van der Waals surface area contributed by atoms with Crippen LogP contribution in [0.25, 0.3) is 0 Å². The van der Waals surface area contributed by atoms with Gasteiger partial charge in [-0.2, -0.15) is 15.4 Å². The number of hydrogen-bond donors (Lipinski definition) is 2. The second kappa shape index (κ2) is 6.72. The number of H-pyrrole nitrogens is 1. The Kier molecular flexibility index (Phi) is 4.71. The third kappa shape index (κ3) is 3.94. The van der Waals surface area contributed by atoms with Crippen LogP contribution in [-0.2, 0) is 4.74 Å². The summed E-state index contributed by atoms with van der Waals surface area (Å²) in [6.07, 6.45) is 4.23. The molecule has 1 aliphatic rings. The van der Waals surface area contributed by atoms with Gasteiger partial charge in [-0.1, -0.05) is 0 Å². The molecule has 8 heteroatoms. The first-order valence-electron chi connectivity index (χ1n) is 6.33. The number of ether oxygens (including phenoxy) is 1. The van der Waals surface area contributed by atoms with Gasteiger partial charge in [0.2, 0.25) is 0 Å². The monoisotopic (exact) mass is 267 g/mol. The zero-order valence-corrected chi connectivity index (χ0v) is 10.6. The summed E-state index contributed by atoms with van der Waals surface area (Å²) < 4.78 is 5.08. The molecule has 2 rings (SSSR count). The van der Waals surface area contributed by atoms with E-state index < -0.39 is 0 Å². The number of piperidine rings is 1. The van der Waals surface area contributed by atoms with E-state index in [4.69, 9.17) is 4.74 Å². The van der Waals surface area contributed by atoms with Gasteiger partial charge in [-0.25, -0.2) is 4.79 Å². The largest absolute Gasteiger partial charge is 0.448 e. The molecule has 2 N–H and O–H groups in total. The van der Waals surface area contributed by atoms with Gasteiger partial charge in [0.15, 0.2) is 5.69 Å². The Bertz CT molecular complexity index is 414. The first-order chi connectivity index (χ1) is 9.27. The third-order valence-electron chi connectivity index (χ3n) is 2.88. The number of hydrogen-bond acceptors (Lipinski definition) is 5. The molecular formula is C11H17N5O3. The molecule has 1 saturated heterocycles. The molecule has 2 amide bonds. The van der Waals surface area contributed by atoms with Gasteiger partial charge in [-0.05, 0) is 19.3 Å². The molecule has 0 bridgehead atoms. The summed E-state index contributed by atoms with van der Waals surface area (Å²) in [7, 11) is 0. The Morgan fingerprint density at radius 2 is 2.16 bits per heavy atom. The fourth-order valence-corrected chi connectivity index (χ4v) is 1.87. The second-order valence-corrected chi connectivity index (χ2v) is 4.27. The van der Waals surface area contributed by atoms with Crippen LogP contribution in [-0.4, -0.2) is 58.6 Å². The Labute approximate surface area is 110 Å². The van der Waals surface area contributed by atoms with E-state index in [1.54, 1.807) is 4.90 Å². The summed E-state index contributed by atoms with van der Waals surface area (Å²) in [6.45, 7) is 1.92. The predicted molar refractivity (Wildman–Crippen MR) is 65.5 cm³/mol. The van der Waals surface area contributed by atoms with E-state index in [0.717, 1.165) is 32.4 Å². The zero-order chi connectivity index (χ0) is 13.5. The maximum absolute atomic E-state index is 11.6. The lowest BCUT2D eigenvalue weighted by Gasteiger charge is -2.25. The molecule has 0 atom stereocenters. The van der Waals surface area contributed by atoms with Crippen LogP contribution in [0.2, 0.25) is 0 Å². The van der Waals surface area contributed by atoms with Gasteiger partial charge in [0.25, 0.3) is 5.91 Å². The lowest BCUT2D eigenvalue weighted by molar-refractivity contribution is 0.0865.